The molecule has 92 valence electrons. The number of carbonyl (C=O) groups is 1. The monoisotopic (exact) mass is 255 g/mol. The highest BCUT2D eigenvalue weighted by Crippen LogP contribution is 2.33. The van der Waals surface area contributed by atoms with Crippen molar-refractivity contribution in [2.24, 2.45) is 0 Å². The Morgan fingerprint density at radius 1 is 1.65 bits per heavy atom. The minimum absolute atomic E-state index is 0.00685. The van der Waals surface area contributed by atoms with Crippen molar-refractivity contribution in [2.75, 3.05) is 12.9 Å². The Morgan fingerprint density at radius 2 is 2.41 bits per heavy atom. The lowest BCUT2D eigenvalue weighted by Crippen LogP contribution is -2.90. The van der Waals surface area contributed by atoms with Gasteiger partial charge in [0.1, 0.15) is 12.0 Å². The molecule has 1 fully saturated rings. The number of phenols is 1. The molecule has 0 saturated carbocycles. The Hall–Kier alpha value is -1.40. The molecule has 1 aliphatic heterocycles. The number of ether oxygens (including phenoxy) is 1. The normalized spacial score (nSPS) is 23.6. The zero-order valence-corrected chi connectivity index (χ0v) is 10.1. The second-order valence-electron chi connectivity index (χ2n) is 3.80. The van der Waals surface area contributed by atoms with E-state index >= 15 is 0 Å². The van der Waals surface area contributed by atoms with Gasteiger partial charge in [-0.15, -0.1) is 0 Å². The molecular formula is C11H13NO4S. The molecule has 0 amide bonds. The zero-order chi connectivity index (χ0) is 12.4. The quantitative estimate of drug-likeness (QED) is 0.710. The molecule has 5 nitrogen and oxygen atoms in total. The zero-order valence-electron chi connectivity index (χ0n) is 9.25. The third-order valence-corrected chi connectivity index (χ3v) is 4.04. The molecule has 1 aliphatic rings. The van der Waals surface area contributed by atoms with Gasteiger partial charge in [-0.05, 0) is 18.2 Å². The number of methoxy groups -OCH3 is 1. The maximum Gasteiger partial charge on any atom is 0.161 e. The van der Waals surface area contributed by atoms with Crippen LogP contribution in [0.25, 0.3) is 0 Å². The number of hydrogen-bond acceptors (Lipinski definition) is 5. The van der Waals surface area contributed by atoms with Crippen LogP contribution in [0.2, 0.25) is 0 Å². The molecule has 1 aromatic rings. The lowest BCUT2D eigenvalue weighted by Gasteiger charge is -2.12. The number of carboxylic acid groups (broad SMARTS) is 1. The van der Waals surface area contributed by atoms with Gasteiger partial charge >= 0.3 is 0 Å². The van der Waals surface area contributed by atoms with Crippen LogP contribution in [0.3, 0.4) is 0 Å². The molecule has 0 spiro atoms. The van der Waals surface area contributed by atoms with Crippen molar-refractivity contribution >= 4 is 17.7 Å². The summed E-state index contributed by atoms with van der Waals surface area (Å²) in [6, 6.07) is 4.53. The van der Waals surface area contributed by atoms with Crippen LogP contribution < -0.4 is 15.2 Å². The van der Waals surface area contributed by atoms with Crippen molar-refractivity contribution in [2.45, 2.75) is 11.4 Å². The number of quaternary nitrogens is 1. The predicted molar refractivity (Wildman–Crippen MR) is 60.6 cm³/mol. The summed E-state index contributed by atoms with van der Waals surface area (Å²) < 4.78 is 5.02. The molecule has 3 N–H and O–H groups in total. The molecule has 0 bridgehead atoms. The van der Waals surface area contributed by atoms with E-state index in [9.17, 15) is 15.0 Å². The Morgan fingerprint density at radius 3 is 3.00 bits per heavy atom. The van der Waals surface area contributed by atoms with E-state index in [4.69, 9.17) is 4.74 Å². The molecule has 1 saturated heterocycles. The Balaban J connectivity index is 2.16. The maximum absolute atomic E-state index is 10.7. The number of carbonyl (C=O) groups excluding carboxylic acids is 1. The van der Waals surface area contributed by atoms with Gasteiger partial charge in [-0.2, -0.15) is 0 Å². The number of benzene rings is 1. The molecule has 17 heavy (non-hydrogen) atoms. The number of thioether (sulfide) groups is 1. The van der Waals surface area contributed by atoms with Crippen LogP contribution >= 0.6 is 11.8 Å². The summed E-state index contributed by atoms with van der Waals surface area (Å²) in [6.07, 6.45) is 0. The summed E-state index contributed by atoms with van der Waals surface area (Å²) in [6.45, 7) is 0. The number of rotatable bonds is 3. The van der Waals surface area contributed by atoms with Gasteiger partial charge in [0.25, 0.3) is 0 Å². The number of aromatic hydroxyl groups is 1. The highest BCUT2D eigenvalue weighted by atomic mass is 32.2. The fourth-order valence-corrected chi connectivity index (χ4v) is 3.06. The van der Waals surface area contributed by atoms with E-state index < -0.39 is 12.0 Å². The Bertz CT molecular complexity index is 437. The van der Waals surface area contributed by atoms with Crippen molar-refractivity contribution in [3.8, 4) is 11.5 Å². The fourth-order valence-electron chi connectivity index (χ4n) is 1.75. The third-order valence-electron chi connectivity index (χ3n) is 2.70. The van der Waals surface area contributed by atoms with Gasteiger partial charge in [0.05, 0.1) is 12.9 Å². The minimum atomic E-state index is -1.04. The standard InChI is InChI=1S/C11H13NO4S/c1-16-9-4-6(2-3-8(9)13)10-12-7(5-17-10)11(14)15/h2-4,7,10,12-13H,5H2,1H3,(H,14,15)/t7-,10-/m1/s1. The molecular weight excluding hydrogens is 242 g/mol. The predicted octanol–water partition coefficient (Wildman–Crippen LogP) is -1.17. The van der Waals surface area contributed by atoms with Crippen LogP contribution in [0.4, 0.5) is 0 Å². The van der Waals surface area contributed by atoms with Gasteiger partial charge in [0.2, 0.25) is 0 Å². The Kier molecular flexibility index (Phi) is 3.44. The van der Waals surface area contributed by atoms with Crippen molar-refractivity contribution in [3.63, 3.8) is 0 Å². The van der Waals surface area contributed by atoms with Gasteiger partial charge in [0, 0.05) is 5.56 Å². The molecule has 2 atom stereocenters. The first-order valence-electron chi connectivity index (χ1n) is 5.16. The average Bonchev–Trinajstić information content (AvgIpc) is 2.79. The van der Waals surface area contributed by atoms with E-state index in [1.165, 1.54) is 7.11 Å². The molecule has 1 aromatic carbocycles. The van der Waals surface area contributed by atoms with E-state index in [-0.39, 0.29) is 11.1 Å². The smallest absolute Gasteiger partial charge is 0.161 e. The Labute approximate surface area is 103 Å². The SMILES string of the molecule is COc1cc([C@@H]2[NH2+][C@@H](C(=O)[O-])CS2)ccc1O. The van der Waals surface area contributed by atoms with E-state index in [2.05, 4.69) is 0 Å². The summed E-state index contributed by atoms with van der Waals surface area (Å²) >= 11 is 1.54. The average molecular weight is 255 g/mol. The van der Waals surface area contributed by atoms with Crippen LogP contribution in [0.1, 0.15) is 10.9 Å². The first-order valence-corrected chi connectivity index (χ1v) is 6.21. The van der Waals surface area contributed by atoms with Gasteiger partial charge < -0.3 is 25.1 Å². The summed E-state index contributed by atoms with van der Waals surface area (Å²) in [5.41, 5.74) is 0.924. The summed E-state index contributed by atoms with van der Waals surface area (Å²) in [5, 5.41) is 22.0. The lowest BCUT2D eigenvalue weighted by molar-refractivity contribution is -0.690. The highest BCUT2D eigenvalue weighted by molar-refractivity contribution is 7.99. The van der Waals surface area contributed by atoms with Crippen molar-refractivity contribution in [1.82, 2.24) is 0 Å². The number of nitrogens with two attached hydrogens (primary N) is 1. The summed E-state index contributed by atoms with van der Waals surface area (Å²) in [4.78, 5) is 10.7. The summed E-state index contributed by atoms with van der Waals surface area (Å²) in [7, 11) is 1.48. The van der Waals surface area contributed by atoms with Crippen LogP contribution in [-0.4, -0.2) is 30.0 Å². The minimum Gasteiger partial charge on any atom is -0.544 e. The van der Waals surface area contributed by atoms with Crippen LogP contribution in [0.5, 0.6) is 11.5 Å². The van der Waals surface area contributed by atoms with Crippen LogP contribution in [0.15, 0.2) is 18.2 Å². The molecule has 0 aromatic heterocycles. The van der Waals surface area contributed by atoms with Crippen molar-refractivity contribution in [1.29, 1.82) is 0 Å². The third kappa shape index (κ3) is 2.48. The molecule has 0 unspecified atom stereocenters. The molecule has 1 heterocycles. The van der Waals surface area contributed by atoms with Gasteiger partial charge in [0.15, 0.2) is 16.9 Å². The van der Waals surface area contributed by atoms with Gasteiger partial charge in [-0.1, -0.05) is 11.8 Å². The topological polar surface area (TPSA) is 86.2 Å². The van der Waals surface area contributed by atoms with Crippen LogP contribution in [0, 0.1) is 0 Å². The van der Waals surface area contributed by atoms with E-state index in [1.807, 2.05) is 0 Å². The maximum atomic E-state index is 10.7. The number of phenolic OH excluding ortho intramolecular Hbond substituents is 1. The van der Waals surface area contributed by atoms with Crippen LogP contribution in [-0.2, 0) is 4.79 Å². The summed E-state index contributed by atoms with van der Waals surface area (Å²) in [5.74, 6) is -0.0363. The van der Waals surface area contributed by atoms with Crippen molar-refractivity contribution < 1.29 is 25.1 Å². The number of hydrogen-bond donors (Lipinski definition) is 2. The number of aliphatic carboxylic acids is 1. The molecule has 2 rings (SSSR count). The second kappa shape index (κ2) is 4.85. The molecule has 0 aliphatic carbocycles. The van der Waals surface area contributed by atoms with Gasteiger partial charge in [-0.3, -0.25) is 0 Å². The fraction of sp³-hybridized carbons (Fsp3) is 0.364. The molecule has 6 heteroatoms. The largest absolute Gasteiger partial charge is 0.544 e. The first kappa shape index (κ1) is 12.1. The van der Waals surface area contributed by atoms with Gasteiger partial charge in [-0.25, -0.2) is 0 Å². The number of carboxylic acids is 1. The first-order chi connectivity index (χ1) is 8.11. The highest BCUT2D eigenvalue weighted by Gasteiger charge is 2.31. The van der Waals surface area contributed by atoms with E-state index in [0.29, 0.717) is 11.5 Å². The molecule has 0 radical (unpaired) electrons. The van der Waals surface area contributed by atoms with E-state index in [0.717, 1.165) is 5.56 Å². The second-order valence-corrected chi connectivity index (χ2v) is 4.98. The van der Waals surface area contributed by atoms with E-state index in [1.54, 1.807) is 35.3 Å². The van der Waals surface area contributed by atoms with Crippen molar-refractivity contribution in [3.05, 3.63) is 23.8 Å². The lowest BCUT2D eigenvalue weighted by atomic mass is 10.2.